The predicted octanol–water partition coefficient (Wildman–Crippen LogP) is 2.21. The molecule has 0 aliphatic carbocycles. The zero-order valence-electron chi connectivity index (χ0n) is 13.0. The van der Waals surface area contributed by atoms with Gasteiger partial charge in [0.15, 0.2) is 0 Å². The highest BCUT2D eigenvalue weighted by Crippen LogP contribution is 2.26. The molecule has 0 aromatic heterocycles. The van der Waals surface area contributed by atoms with Crippen LogP contribution in [0.5, 0.6) is 0 Å². The van der Waals surface area contributed by atoms with Crippen LogP contribution in [0.2, 0.25) is 0 Å². The van der Waals surface area contributed by atoms with E-state index in [1.165, 1.54) is 12.8 Å². The first-order valence-corrected chi connectivity index (χ1v) is 7.74. The number of likely N-dealkylation sites (tertiary alicyclic amines) is 1. The first kappa shape index (κ1) is 15.5. The monoisotopic (exact) mass is 276 g/mol. The average molecular weight is 276 g/mol. The Morgan fingerprint density at radius 3 is 2.65 bits per heavy atom. The number of aliphatic hydroxyl groups is 1. The third-order valence-electron chi connectivity index (χ3n) is 4.64. The van der Waals surface area contributed by atoms with Gasteiger partial charge < -0.3 is 10.4 Å². The maximum Gasteiger partial charge on any atom is 0.0994 e. The van der Waals surface area contributed by atoms with Gasteiger partial charge in [0.25, 0.3) is 0 Å². The van der Waals surface area contributed by atoms with Crippen molar-refractivity contribution >= 4 is 0 Å². The molecular weight excluding hydrogens is 248 g/mol. The zero-order valence-corrected chi connectivity index (χ0v) is 13.0. The Morgan fingerprint density at radius 1 is 1.35 bits per heavy atom. The van der Waals surface area contributed by atoms with Gasteiger partial charge in [0.1, 0.15) is 0 Å². The molecule has 1 aliphatic rings. The SMILES string of the molecule is CCC1CN(CC(C)(O)c2ccccc2)CCC1NC. The van der Waals surface area contributed by atoms with Crippen LogP contribution in [-0.4, -0.2) is 42.7 Å². The van der Waals surface area contributed by atoms with E-state index in [1.54, 1.807) is 0 Å². The van der Waals surface area contributed by atoms with Crippen LogP contribution in [0, 0.1) is 5.92 Å². The summed E-state index contributed by atoms with van der Waals surface area (Å²) >= 11 is 0. The third kappa shape index (κ3) is 3.60. The molecule has 1 saturated heterocycles. The van der Waals surface area contributed by atoms with Gasteiger partial charge in [0.05, 0.1) is 5.60 Å². The van der Waals surface area contributed by atoms with E-state index in [2.05, 4.69) is 24.2 Å². The lowest BCUT2D eigenvalue weighted by atomic mass is 9.88. The molecule has 3 unspecified atom stereocenters. The number of nitrogens with zero attached hydrogens (tertiary/aromatic N) is 1. The topological polar surface area (TPSA) is 35.5 Å². The Labute approximate surface area is 123 Å². The fourth-order valence-electron chi connectivity index (χ4n) is 3.37. The Morgan fingerprint density at radius 2 is 2.05 bits per heavy atom. The molecular formula is C17H28N2O. The minimum Gasteiger partial charge on any atom is -0.384 e. The van der Waals surface area contributed by atoms with Gasteiger partial charge in [-0.15, -0.1) is 0 Å². The second-order valence-corrected chi connectivity index (χ2v) is 6.23. The van der Waals surface area contributed by atoms with Gasteiger partial charge in [-0.25, -0.2) is 0 Å². The Kier molecular flexibility index (Phi) is 5.19. The molecule has 0 radical (unpaired) electrons. The van der Waals surface area contributed by atoms with Crippen molar-refractivity contribution in [2.24, 2.45) is 5.92 Å². The summed E-state index contributed by atoms with van der Waals surface area (Å²) < 4.78 is 0. The summed E-state index contributed by atoms with van der Waals surface area (Å²) in [6, 6.07) is 10.6. The molecule has 0 amide bonds. The van der Waals surface area contributed by atoms with E-state index in [4.69, 9.17) is 0 Å². The molecule has 0 saturated carbocycles. The van der Waals surface area contributed by atoms with Crippen molar-refractivity contribution in [3.8, 4) is 0 Å². The highest BCUT2D eigenvalue weighted by molar-refractivity contribution is 5.21. The highest BCUT2D eigenvalue weighted by Gasteiger charge is 2.32. The van der Waals surface area contributed by atoms with Crippen molar-refractivity contribution in [2.75, 3.05) is 26.7 Å². The number of β-amino-alcohol motifs (C(OH)–C–C–N with tert-alkyl or cyclic N) is 1. The summed E-state index contributed by atoms with van der Waals surface area (Å²) in [6.07, 6.45) is 2.36. The molecule has 0 spiro atoms. The number of piperidine rings is 1. The fraction of sp³-hybridized carbons (Fsp3) is 0.647. The first-order chi connectivity index (χ1) is 9.56. The average Bonchev–Trinajstić information content (AvgIpc) is 2.47. The lowest BCUT2D eigenvalue weighted by molar-refractivity contribution is -0.00159. The molecule has 3 heteroatoms. The van der Waals surface area contributed by atoms with Crippen molar-refractivity contribution < 1.29 is 5.11 Å². The maximum absolute atomic E-state index is 10.8. The van der Waals surface area contributed by atoms with Crippen LogP contribution in [-0.2, 0) is 5.60 Å². The predicted molar refractivity (Wildman–Crippen MR) is 83.7 cm³/mol. The Bertz CT molecular complexity index is 405. The van der Waals surface area contributed by atoms with Crippen LogP contribution >= 0.6 is 0 Å². The standard InChI is InChI=1S/C17H28N2O/c1-4-14-12-19(11-10-16(14)18-3)13-17(2,20)15-8-6-5-7-9-15/h5-9,14,16,18,20H,4,10-13H2,1-3H3. The number of hydrogen-bond donors (Lipinski definition) is 2. The highest BCUT2D eigenvalue weighted by atomic mass is 16.3. The zero-order chi connectivity index (χ0) is 14.6. The van der Waals surface area contributed by atoms with Gasteiger partial charge in [-0.1, -0.05) is 43.7 Å². The van der Waals surface area contributed by atoms with Gasteiger partial charge in [-0.05, 0) is 38.4 Å². The number of rotatable bonds is 5. The van der Waals surface area contributed by atoms with E-state index in [1.807, 2.05) is 37.3 Å². The van der Waals surface area contributed by atoms with Crippen molar-refractivity contribution in [3.05, 3.63) is 35.9 Å². The third-order valence-corrected chi connectivity index (χ3v) is 4.64. The van der Waals surface area contributed by atoms with E-state index < -0.39 is 5.60 Å². The lowest BCUT2D eigenvalue weighted by Gasteiger charge is -2.41. The molecule has 1 aliphatic heterocycles. The van der Waals surface area contributed by atoms with Gasteiger partial charge in [0, 0.05) is 19.1 Å². The summed E-state index contributed by atoms with van der Waals surface area (Å²) in [5.41, 5.74) is 0.232. The Balaban J connectivity index is 2.00. The van der Waals surface area contributed by atoms with E-state index in [0.29, 0.717) is 18.5 Å². The lowest BCUT2D eigenvalue weighted by Crippen LogP contribution is -2.51. The quantitative estimate of drug-likeness (QED) is 0.865. The van der Waals surface area contributed by atoms with Gasteiger partial charge >= 0.3 is 0 Å². The second-order valence-electron chi connectivity index (χ2n) is 6.23. The van der Waals surface area contributed by atoms with Crippen LogP contribution in [0.4, 0.5) is 0 Å². The smallest absolute Gasteiger partial charge is 0.0994 e. The first-order valence-electron chi connectivity index (χ1n) is 7.74. The van der Waals surface area contributed by atoms with Crippen LogP contribution < -0.4 is 5.32 Å². The molecule has 2 rings (SSSR count). The minimum absolute atomic E-state index is 0.623. The van der Waals surface area contributed by atoms with E-state index >= 15 is 0 Å². The molecule has 1 fully saturated rings. The van der Waals surface area contributed by atoms with Crippen LogP contribution in [0.3, 0.4) is 0 Å². The van der Waals surface area contributed by atoms with Crippen LogP contribution in [0.1, 0.15) is 32.3 Å². The van der Waals surface area contributed by atoms with Crippen LogP contribution in [0.15, 0.2) is 30.3 Å². The van der Waals surface area contributed by atoms with Crippen molar-refractivity contribution in [2.45, 2.75) is 38.3 Å². The van der Waals surface area contributed by atoms with Crippen molar-refractivity contribution in [3.63, 3.8) is 0 Å². The molecule has 1 aromatic rings. The van der Waals surface area contributed by atoms with Crippen molar-refractivity contribution in [1.29, 1.82) is 0 Å². The molecule has 0 bridgehead atoms. The number of nitrogens with one attached hydrogen (secondary N) is 1. The summed E-state index contributed by atoms with van der Waals surface area (Å²) in [5.74, 6) is 0.681. The Hall–Kier alpha value is -0.900. The second kappa shape index (κ2) is 6.70. The normalized spacial score (nSPS) is 27.2. The molecule has 3 atom stereocenters. The van der Waals surface area contributed by atoms with Gasteiger partial charge in [-0.2, -0.15) is 0 Å². The number of benzene rings is 1. The largest absolute Gasteiger partial charge is 0.384 e. The molecule has 112 valence electrons. The summed E-state index contributed by atoms with van der Waals surface area (Å²) in [4.78, 5) is 2.41. The fourth-order valence-corrected chi connectivity index (χ4v) is 3.37. The van der Waals surface area contributed by atoms with E-state index in [-0.39, 0.29) is 0 Å². The van der Waals surface area contributed by atoms with Gasteiger partial charge in [-0.3, -0.25) is 4.90 Å². The molecule has 20 heavy (non-hydrogen) atoms. The van der Waals surface area contributed by atoms with E-state index in [0.717, 1.165) is 18.7 Å². The molecule has 1 heterocycles. The molecule has 1 aromatic carbocycles. The van der Waals surface area contributed by atoms with Gasteiger partial charge in [0.2, 0.25) is 0 Å². The maximum atomic E-state index is 10.8. The van der Waals surface area contributed by atoms with E-state index in [9.17, 15) is 5.11 Å². The summed E-state index contributed by atoms with van der Waals surface area (Å²) in [6.45, 7) is 7.03. The molecule has 3 nitrogen and oxygen atoms in total. The van der Waals surface area contributed by atoms with Crippen LogP contribution in [0.25, 0.3) is 0 Å². The summed E-state index contributed by atoms with van der Waals surface area (Å²) in [5, 5.41) is 14.2. The number of hydrogen-bond acceptors (Lipinski definition) is 3. The van der Waals surface area contributed by atoms with Crippen molar-refractivity contribution in [1.82, 2.24) is 10.2 Å². The minimum atomic E-state index is -0.772. The summed E-state index contributed by atoms with van der Waals surface area (Å²) in [7, 11) is 2.06. The molecule has 2 N–H and O–H groups in total.